The van der Waals surface area contributed by atoms with Gasteiger partial charge in [-0.05, 0) is 32.2 Å². The third-order valence-corrected chi connectivity index (χ3v) is 5.09. The van der Waals surface area contributed by atoms with E-state index in [0.717, 1.165) is 52.0 Å². The summed E-state index contributed by atoms with van der Waals surface area (Å²) in [5.41, 5.74) is 0. The summed E-state index contributed by atoms with van der Waals surface area (Å²) in [4.78, 5) is 16.4. The minimum atomic E-state index is 0.110. The number of nitrogens with zero attached hydrogens (tertiary/aromatic N) is 2. The highest BCUT2D eigenvalue weighted by Crippen LogP contribution is 2.16. The van der Waals surface area contributed by atoms with Gasteiger partial charge in [-0.15, -0.1) is 0 Å². The van der Waals surface area contributed by atoms with Crippen LogP contribution in [0.25, 0.3) is 0 Å². The highest BCUT2D eigenvalue weighted by molar-refractivity contribution is 5.78. The van der Waals surface area contributed by atoms with Gasteiger partial charge in [-0.3, -0.25) is 9.69 Å². The van der Waals surface area contributed by atoms with E-state index in [1.54, 1.807) is 0 Å². The summed E-state index contributed by atoms with van der Waals surface area (Å²) in [6.07, 6.45) is 5.75. The van der Waals surface area contributed by atoms with Crippen LogP contribution in [-0.2, 0) is 4.79 Å². The third kappa shape index (κ3) is 4.93. The number of aliphatic hydroxyl groups is 1. The minimum Gasteiger partial charge on any atom is -0.395 e. The van der Waals surface area contributed by atoms with Crippen molar-refractivity contribution in [3.05, 3.63) is 0 Å². The summed E-state index contributed by atoms with van der Waals surface area (Å²) in [5, 5.41) is 13.1. The molecule has 2 saturated heterocycles. The van der Waals surface area contributed by atoms with Gasteiger partial charge in [0.2, 0.25) is 5.91 Å². The van der Waals surface area contributed by atoms with Crippen molar-refractivity contribution < 1.29 is 9.90 Å². The van der Waals surface area contributed by atoms with E-state index in [0.29, 0.717) is 12.1 Å². The van der Waals surface area contributed by atoms with Crippen LogP contribution >= 0.6 is 0 Å². The first-order chi connectivity index (χ1) is 10.6. The van der Waals surface area contributed by atoms with Crippen molar-refractivity contribution in [3.8, 4) is 0 Å². The van der Waals surface area contributed by atoms with Gasteiger partial charge < -0.3 is 15.3 Å². The lowest BCUT2D eigenvalue weighted by molar-refractivity contribution is -0.135. The van der Waals surface area contributed by atoms with Crippen molar-refractivity contribution in [2.45, 2.75) is 58.0 Å². The molecule has 1 unspecified atom stereocenters. The minimum absolute atomic E-state index is 0.110. The maximum absolute atomic E-state index is 12.0. The van der Waals surface area contributed by atoms with Crippen LogP contribution in [0.3, 0.4) is 0 Å². The maximum atomic E-state index is 12.0. The number of rotatable bonds is 6. The monoisotopic (exact) mass is 311 g/mol. The zero-order valence-electron chi connectivity index (χ0n) is 14.3. The number of nitrogens with one attached hydrogen (secondary N) is 1. The van der Waals surface area contributed by atoms with Crippen molar-refractivity contribution in [2.75, 3.05) is 39.3 Å². The molecule has 22 heavy (non-hydrogen) atoms. The third-order valence-electron chi connectivity index (χ3n) is 5.09. The van der Waals surface area contributed by atoms with Gasteiger partial charge in [0.25, 0.3) is 0 Å². The molecule has 0 bridgehead atoms. The quantitative estimate of drug-likeness (QED) is 0.770. The second-order valence-corrected chi connectivity index (χ2v) is 7.08. The lowest BCUT2D eigenvalue weighted by Gasteiger charge is -2.36. The number of amides is 1. The van der Waals surface area contributed by atoms with Gasteiger partial charge in [0.05, 0.1) is 6.61 Å². The van der Waals surface area contributed by atoms with Gasteiger partial charge in [0, 0.05) is 44.2 Å². The molecule has 2 aliphatic rings. The molecule has 5 heteroatoms. The number of piperidine rings is 2. The second-order valence-electron chi connectivity index (χ2n) is 7.08. The summed E-state index contributed by atoms with van der Waals surface area (Å²) in [6.45, 7) is 9.14. The zero-order valence-corrected chi connectivity index (χ0v) is 14.3. The standard InChI is InChI=1S/C17H33N3O2/c1-14(2)17(22)20-10-6-15(7-11-20)18-8-12-19-9-4-3-5-16(19)13-21/h14-16,18,21H,3-13H2,1-2H3. The molecule has 2 rings (SSSR count). The SMILES string of the molecule is CC(C)C(=O)N1CCC(NCCN2CCCCC2CO)CC1. The zero-order chi connectivity index (χ0) is 15.9. The van der Waals surface area contributed by atoms with E-state index in [2.05, 4.69) is 10.2 Å². The average molecular weight is 311 g/mol. The van der Waals surface area contributed by atoms with E-state index in [4.69, 9.17) is 0 Å². The normalized spacial score (nSPS) is 24.9. The second kappa shape index (κ2) is 8.85. The lowest BCUT2D eigenvalue weighted by atomic mass is 10.0. The van der Waals surface area contributed by atoms with E-state index >= 15 is 0 Å². The topological polar surface area (TPSA) is 55.8 Å². The average Bonchev–Trinajstić information content (AvgIpc) is 2.55. The van der Waals surface area contributed by atoms with Crippen LogP contribution in [0.15, 0.2) is 0 Å². The summed E-state index contributed by atoms with van der Waals surface area (Å²) >= 11 is 0. The molecule has 2 aliphatic heterocycles. The molecule has 0 aromatic carbocycles. The van der Waals surface area contributed by atoms with Gasteiger partial charge in [0.1, 0.15) is 0 Å². The Balaban J connectivity index is 1.63. The van der Waals surface area contributed by atoms with Crippen molar-refractivity contribution in [1.82, 2.24) is 15.1 Å². The molecule has 0 aliphatic carbocycles. The molecule has 0 aromatic rings. The van der Waals surface area contributed by atoms with Crippen LogP contribution in [0.4, 0.5) is 0 Å². The van der Waals surface area contributed by atoms with E-state index in [1.807, 2.05) is 18.7 Å². The molecule has 0 saturated carbocycles. The van der Waals surface area contributed by atoms with E-state index in [9.17, 15) is 9.90 Å². The Bertz CT molecular complexity index is 341. The Morgan fingerprint density at radius 1 is 1.18 bits per heavy atom. The number of carbonyl (C=O) groups is 1. The largest absolute Gasteiger partial charge is 0.395 e. The van der Waals surface area contributed by atoms with Gasteiger partial charge in [-0.25, -0.2) is 0 Å². The number of likely N-dealkylation sites (tertiary alicyclic amines) is 2. The Morgan fingerprint density at radius 3 is 2.55 bits per heavy atom. The van der Waals surface area contributed by atoms with E-state index < -0.39 is 0 Å². The first kappa shape index (κ1) is 17.7. The molecule has 2 fully saturated rings. The smallest absolute Gasteiger partial charge is 0.225 e. The molecule has 1 amide bonds. The summed E-state index contributed by atoms with van der Waals surface area (Å²) < 4.78 is 0. The predicted molar refractivity (Wildman–Crippen MR) is 88.7 cm³/mol. The van der Waals surface area contributed by atoms with Crippen LogP contribution in [0, 0.1) is 5.92 Å². The van der Waals surface area contributed by atoms with Crippen LogP contribution in [-0.4, -0.2) is 72.2 Å². The van der Waals surface area contributed by atoms with Gasteiger partial charge in [-0.1, -0.05) is 20.3 Å². The molecule has 2 N–H and O–H groups in total. The van der Waals surface area contributed by atoms with Crippen LogP contribution in [0.5, 0.6) is 0 Å². The number of hydrogen-bond donors (Lipinski definition) is 2. The van der Waals surface area contributed by atoms with Crippen molar-refractivity contribution in [1.29, 1.82) is 0 Å². The Hall–Kier alpha value is -0.650. The van der Waals surface area contributed by atoms with Gasteiger partial charge in [-0.2, -0.15) is 0 Å². The number of hydrogen-bond acceptors (Lipinski definition) is 4. The molecule has 0 aromatic heterocycles. The summed E-state index contributed by atoms with van der Waals surface area (Å²) in [5.74, 6) is 0.400. The first-order valence-corrected chi connectivity index (χ1v) is 8.99. The molecule has 1 atom stereocenters. The Kier molecular flexibility index (Phi) is 7.12. The highest BCUT2D eigenvalue weighted by atomic mass is 16.3. The predicted octanol–water partition coefficient (Wildman–Crippen LogP) is 1.07. The van der Waals surface area contributed by atoms with Gasteiger partial charge in [0.15, 0.2) is 0 Å². The fraction of sp³-hybridized carbons (Fsp3) is 0.941. The molecule has 0 spiro atoms. The highest BCUT2D eigenvalue weighted by Gasteiger charge is 2.25. The molecular formula is C17H33N3O2. The number of aliphatic hydroxyl groups excluding tert-OH is 1. The molecular weight excluding hydrogens is 278 g/mol. The van der Waals surface area contributed by atoms with E-state index in [1.165, 1.54) is 12.8 Å². The summed E-state index contributed by atoms with van der Waals surface area (Å²) in [7, 11) is 0. The van der Waals surface area contributed by atoms with Crippen molar-refractivity contribution in [3.63, 3.8) is 0 Å². The molecule has 2 heterocycles. The van der Waals surface area contributed by atoms with Crippen LogP contribution in [0.1, 0.15) is 46.0 Å². The fourth-order valence-corrected chi connectivity index (χ4v) is 3.64. The Morgan fingerprint density at radius 2 is 1.91 bits per heavy atom. The molecule has 128 valence electrons. The Labute approximate surface area is 135 Å². The fourth-order valence-electron chi connectivity index (χ4n) is 3.64. The van der Waals surface area contributed by atoms with Crippen molar-refractivity contribution >= 4 is 5.91 Å². The maximum Gasteiger partial charge on any atom is 0.225 e. The lowest BCUT2D eigenvalue weighted by Crippen LogP contribution is -2.49. The van der Waals surface area contributed by atoms with Gasteiger partial charge >= 0.3 is 0 Å². The van der Waals surface area contributed by atoms with Crippen molar-refractivity contribution in [2.24, 2.45) is 5.92 Å². The molecule has 0 radical (unpaired) electrons. The van der Waals surface area contributed by atoms with E-state index in [-0.39, 0.29) is 18.4 Å². The first-order valence-electron chi connectivity index (χ1n) is 8.99. The summed E-state index contributed by atoms with van der Waals surface area (Å²) in [6, 6.07) is 0.898. The van der Waals surface area contributed by atoms with Crippen LogP contribution < -0.4 is 5.32 Å². The number of carbonyl (C=O) groups excluding carboxylic acids is 1. The molecule has 5 nitrogen and oxygen atoms in total. The van der Waals surface area contributed by atoms with Crippen LogP contribution in [0.2, 0.25) is 0 Å².